The third-order valence-electron chi connectivity index (χ3n) is 2.42. The Morgan fingerprint density at radius 2 is 1.95 bits per heavy atom. The second kappa shape index (κ2) is 6.52. The number of rotatable bonds is 4. The summed E-state index contributed by atoms with van der Waals surface area (Å²) in [5, 5.41) is 2.75. The van der Waals surface area contributed by atoms with Gasteiger partial charge in [-0.05, 0) is 51.4 Å². The van der Waals surface area contributed by atoms with Crippen LogP contribution in [0.5, 0.6) is 0 Å². The number of hydrogen-bond donors (Lipinski definition) is 2. The summed E-state index contributed by atoms with van der Waals surface area (Å²) < 4.78 is 18.1. The molecule has 0 radical (unpaired) electrons. The molecule has 5 heteroatoms. The summed E-state index contributed by atoms with van der Waals surface area (Å²) in [5.74, 6) is -0.312. The fraction of sp³-hybridized carbons (Fsp3) is 0.500. The smallest absolute Gasteiger partial charge is 0.408 e. The van der Waals surface area contributed by atoms with Crippen LogP contribution in [-0.4, -0.2) is 18.2 Å². The molecule has 3 N–H and O–H groups in total. The Labute approximate surface area is 113 Å². The Kier molecular flexibility index (Phi) is 5.30. The largest absolute Gasteiger partial charge is 0.444 e. The highest BCUT2D eigenvalue weighted by atomic mass is 19.1. The monoisotopic (exact) mass is 268 g/mol. The predicted molar refractivity (Wildman–Crippen MR) is 72.2 cm³/mol. The van der Waals surface area contributed by atoms with E-state index >= 15 is 0 Å². The molecule has 0 heterocycles. The van der Waals surface area contributed by atoms with Gasteiger partial charge in [0.15, 0.2) is 0 Å². The van der Waals surface area contributed by atoms with Crippen molar-refractivity contribution in [3.63, 3.8) is 0 Å². The molecule has 0 aliphatic heterocycles. The predicted octanol–water partition coefficient (Wildman–Crippen LogP) is 2.74. The number of hydrogen-bond acceptors (Lipinski definition) is 3. The molecule has 0 aliphatic carbocycles. The van der Waals surface area contributed by atoms with Crippen molar-refractivity contribution in [2.24, 2.45) is 5.73 Å². The first-order valence-corrected chi connectivity index (χ1v) is 6.27. The van der Waals surface area contributed by atoms with Gasteiger partial charge in [0.2, 0.25) is 0 Å². The van der Waals surface area contributed by atoms with Gasteiger partial charge in [0.1, 0.15) is 11.4 Å². The molecule has 106 valence electrons. The molecule has 0 saturated heterocycles. The first-order valence-electron chi connectivity index (χ1n) is 6.27. The lowest BCUT2D eigenvalue weighted by molar-refractivity contribution is 0.0501. The first-order chi connectivity index (χ1) is 8.81. The van der Waals surface area contributed by atoms with E-state index in [4.69, 9.17) is 10.5 Å². The zero-order valence-electron chi connectivity index (χ0n) is 11.6. The molecule has 0 fully saturated rings. The molecule has 19 heavy (non-hydrogen) atoms. The summed E-state index contributed by atoms with van der Waals surface area (Å²) in [4.78, 5) is 11.7. The van der Waals surface area contributed by atoms with Gasteiger partial charge in [0.05, 0.1) is 6.04 Å². The van der Waals surface area contributed by atoms with Crippen molar-refractivity contribution in [3.8, 4) is 0 Å². The minimum absolute atomic E-state index is 0.277. The fourth-order valence-electron chi connectivity index (χ4n) is 1.63. The highest BCUT2D eigenvalue weighted by Gasteiger charge is 2.20. The number of carbonyl (C=O) groups is 1. The highest BCUT2D eigenvalue weighted by Crippen LogP contribution is 2.18. The van der Waals surface area contributed by atoms with Gasteiger partial charge in [-0.1, -0.05) is 12.1 Å². The molecular formula is C14H21FN2O2. The molecule has 1 atom stereocenters. The van der Waals surface area contributed by atoms with Crippen LogP contribution in [0.25, 0.3) is 0 Å². The van der Waals surface area contributed by atoms with E-state index in [0.717, 1.165) is 5.56 Å². The molecule has 0 aromatic heterocycles. The Bertz CT molecular complexity index is 412. The lowest BCUT2D eigenvalue weighted by atomic mass is 10.0. The van der Waals surface area contributed by atoms with Crippen LogP contribution in [0.15, 0.2) is 24.3 Å². The van der Waals surface area contributed by atoms with E-state index in [0.29, 0.717) is 13.0 Å². The second-order valence-corrected chi connectivity index (χ2v) is 5.33. The summed E-state index contributed by atoms with van der Waals surface area (Å²) in [6.45, 7) is 5.80. The van der Waals surface area contributed by atoms with Crippen LogP contribution in [0.2, 0.25) is 0 Å². The molecule has 0 spiro atoms. The fourth-order valence-corrected chi connectivity index (χ4v) is 1.63. The summed E-state index contributed by atoms with van der Waals surface area (Å²) in [7, 11) is 0. The maximum absolute atomic E-state index is 12.9. The Balaban J connectivity index is 2.73. The molecule has 0 saturated carbocycles. The van der Waals surface area contributed by atoms with E-state index in [1.807, 2.05) is 0 Å². The average molecular weight is 268 g/mol. The van der Waals surface area contributed by atoms with Crippen LogP contribution >= 0.6 is 0 Å². The second-order valence-electron chi connectivity index (χ2n) is 5.33. The van der Waals surface area contributed by atoms with Crippen molar-refractivity contribution < 1.29 is 13.9 Å². The Morgan fingerprint density at radius 3 is 2.42 bits per heavy atom. The van der Waals surface area contributed by atoms with E-state index < -0.39 is 11.7 Å². The third-order valence-corrected chi connectivity index (χ3v) is 2.42. The molecule has 1 rings (SSSR count). The number of ether oxygens (including phenoxy) is 1. The van der Waals surface area contributed by atoms with Crippen LogP contribution in [0.3, 0.4) is 0 Å². The number of nitrogens with two attached hydrogens (primary N) is 1. The van der Waals surface area contributed by atoms with E-state index in [9.17, 15) is 9.18 Å². The standard InChI is InChI=1S/C14H21FN2O2/c1-14(2,3)19-13(18)17-12(8-9-16)10-4-6-11(15)7-5-10/h4-7,12H,8-9,16H2,1-3H3,(H,17,18). The van der Waals surface area contributed by atoms with Gasteiger partial charge < -0.3 is 15.8 Å². The summed E-state index contributed by atoms with van der Waals surface area (Å²) in [5.41, 5.74) is 5.78. The summed E-state index contributed by atoms with van der Waals surface area (Å²) in [6.07, 6.45) is 0.0560. The van der Waals surface area contributed by atoms with E-state index in [1.54, 1.807) is 32.9 Å². The molecule has 0 bridgehead atoms. The first kappa shape index (κ1) is 15.4. The van der Waals surface area contributed by atoms with Crippen LogP contribution < -0.4 is 11.1 Å². The maximum Gasteiger partial charge on any atom is 0.408 e. The van der Waals surface area contributed by atoms with Crippen molar-refractivity contribution in [2.45, 2.75) is 38.8 Å². The average Bonchev–Trinajstić information content (AvgIpc) is 2.27. The lowest BCUT2D eigenvalue weighted by Gasteiger charge is -2.23. The zero-order chi connectivity index (χ0) is 14.5. The van der Waals surface area contributed by atoms with Gasteiger partial charge >= 0.3 is 6.09 Å². The number of carbonyl (C=O) groups excluding carboxylic acids is 1. The minimum atomic E-state index is -0.555. The van der Waals surface area contributed by atoms with Gasteiger partial charge in [0.25, 0.3) is 0 Å². The van der Waals surface area contributed by atoms with Gasteiger partial charge in [-0.15, -0.1) is 0 Å². The Hall–Kier alpha value is -1.62. The summed E-state index contributed by atoms with van der Waals surface area (Å²) in [6, 6.07) is 5.70. The molecule has 1 aromatic rings. The molecule has 1 unspecified atom stereocenters. The van der Waals surface area contributed by atoms with Crippen LogP contribution in [-0.2, 0) is 4.74 Å². The van der Waals surface area contributed by atoms with Gasteiger partial charge in [0, 0.05) is 0 Å². The van der Waals surface area contributed by atoms with Crippen molar-refractivity contribution in [1.82, 2.24) is 5.32 Å². The van der Waals surface area contributed by atoms with Crippen molar-refractivity contribution >= 4 is 6.09 Å². The van der Waals surface area contributed by atoms with Crippen molar-refractivity contribution in [1.29, 1.82) is 0 Å². The zero-order valence-corrected chi connectivity index (χ0v) is 11.6. The number of amides is 1. The number of nitrogens with one attached hydrogen (secondary N) is 1. The maximum atomic E-state index is 12.9. The molecule has 4 nitrogen and oxygen atoms in total. The molecular weight excluding hydrogens is 247 g/mol. The third kappa shape index (κ3) is 5.70. The van der Waals surface area contributed by atoms with Crippen LogP contribution in [0, 0.1) is 5.82 Å². The molecule has 1 aromatic carbocycles. The lowest BCUT2D eigenvalue weighted by Crippen LogP contribution is -2.35. The molecule has 0 aliphatic rings. The van der Waals surface area contributed by atoms with Crippen LogP contribution in [0.4, 0.5) is 9.18 Å². The van der Waals surface area contributed by atoms with E-state index in [-0.39, 0.29) is 11.9 Å². The van der Waals surface area contributed by atoms with Gasteiger partial charge in [-0.25, -0.2) is 9.18 Å². The van der Waals surface area contributed by atoms with Crippen molar-refractivity contribution in [3.05, 3.63) is 35.6 Å². The Morgan fingerprint density at radius 1 is 1.37 bits per heavy atom. The number of benzene rings is 1. The van der Waals surface area contributed by atoms with E-state index in [2.05, 4.69) is 5.32 Å². The highest BCUT2D eigenvalue weighted by molar-refractivity contribution is 5.68. The summed E-state index contributed by atoms with van der Waals surface area (Å²) >= 11 is 0. The number of alkyl carbamates (subject to hydrolysis) is 1. The SMILES string of the molecule is CC(C)(C)OC(=O)NC(CCN)c1ccc(F)cc1. The van der Waals surface area contributed by atoms with Crippen molar-refractivity contribution in [2.75, 3.05) is 6.54 Å². The molecule has 1 amide bonds. The minimum Gasteiger partial charge on any atom is -0.444 e. The van der Waals surface area contributed by atoms with Gasteiger partial charge in [-0.3, -0.25) is 0 Å². The van der Waals surface area contributed by atoms with E-state index in [1.165, 1.54) is 12.1 Å². The van der Waals surface area contributed by atoms with Crippen LogP contribution in [0.1, 0.15) is 38.8 Å². The van der Waals surface area contributed by atoms with Gasteiger partial charge in [-0.2, -0.15) is 0 Å². The topological polar surface area (TPSA) is 64.3 Å². The normalized spacial score (nSPS) is 12.9. The quantitative estimate of drug-likeness (QED) is 0.882. The number of halogens is 1.